The Morgan fingerprint density at radius 1 is 0.846 bits per heavy atom. The first-order chi connectivity index (χ1) is 11.8. The number of hydrogen-bond acceptors (Lipinski definition) is 5. The maximum absolute atomic E-state index is 12.6. The van der Waals surface area contributed by atoms with E-state index in [2.05, 4.69) is 9.44 Å². The van der Waals surface area contributed by atoms with Gasteiger partial charge in [0.1, 0.15) is 0 Å². The molecule has 1 aromatic rings. The summed E-state index contributed by atoms with van der Waals surface area (Å²) in [4.78, 5) is 0.148. The Hall–Kier alpha value is -0.710. The molecule has 2 fully saturated rings. The van der Waals surface area contributed by atoms with Crippen molar-refractivity contribution in [2.75, 3.05) is 6.54 Å². The molecule has 7 nitrogen and oxygen atoms in total. The molecule has 0 heterocycles. The Morgan fingerprint density at radius 3 is 1.85 bits per heavy atom. The molecule has 0 saturated heterocycles. The Morgan fingerprint density at radius 2 is 1.35 bits per heavy atom. The van der Waals surface area contributed by atoms with Crippen molar-refractivity contribution in [3.63, 3.8) is 0 Å². The average molecular weight is 424 g/mol. The van der Waals surface area contributed by atoms with E-state index in [0.717, 1.165) is 38.5 Å². The fourth-order valence-corrected chi connectivity index (χ4v) is 5.84. The minimum atomic E-state index is -3.70. The monoisotopic (exact) mass is 423 g/mol. The molecular weight excluding hydrogens is 398 g/mol. The summed E-state index contributed by atoms with van der Waals surface area (Å²) in [6.07, 6.45) is 5.44. The van der Waals surface area contributed by atoms with Crippen LogP contribution in [0.1, 0.15) is 38.5 Å². The van der Waals surface area contributed by atoms with Crippen molar-refractivity contribution in [2.45, 2.75) is 60.4 Å². The maximum atomic E-state index is 12.6. The third kappa shape index (κ3) is 5.17. The summed E-state index contributed by atoms with van der Waals surface area (Å²) < 4.78 is 54.8. The Kier molecular flexibility index (Phi) is 7.09. The van der Waals surface area contributed by atoms with Crippen LogP contribution in [0.15, 0.2) is 34.1 Å². The molecule has 2 atom stereocenters. The molecule has 1 aromatic carbocycles. The van der Waals surface area contributed by atoms with Crippen molar-refractivity contribution >= 4 is 32.5 Å². The summed E-state index contributed by atoms with van der Waals surface area (Å²) >= 11 is 0. The first-order valence-electron chi connectivity index (χ1n) is 8.66. The lowest BCUT2D eigenvalue weighted by atomic mass is 9.85. The third-order valence-electron chi connectivity index (χ3n) is 4.86. The van der Waals surface area contributed by atoms with Crippen molar-refractivity contribution in [3.05, 3.63) is 24.3 Å². The molecule has 0 radical (unpaired) electrons. The molecule has 0 aromatic heterocycles. The molecule has 4 N–H and O–H groups in total. The standard InChI is InChI=1S/C16H25N3O4S2.ClH/c17-11-12-3-1-2-4-16(12)19-25(22,23)15-9-7-14(8-10-15)24(20,21)18-13-5-6-13;/h7-10,12-13,16,18-19H,1-6,11,17H2;1H. The van der Waals surface area contributed by atoms with E-state index in [1.165, 1.54) is 24.3 Å². The lowest BCUT2D eigenvalue weighted by Crippen LogP contribution is -2.44. The molecule has 2 aliphatic rings. The molecular formula is C16H26ClN3O4S2. The highest BCUT2D eigenvalue weighted by atomic mass is 35.5. The van der Waals surface area contributed by atoms with Crippen LogP contribution in [0.3, 0.4) is 0 Å². The maximum Gasteiger partial charge on any atom is 0.240 e. The zero-order valence-electron chi connectivity index (χ0n) is 14.4. The molecule has 0 bridgehead atoms. The van der Waals surface area contributed by atoms with E-state index >= 15 is 0 Å². The molecule has 2 aliphatic carbocycles. The predicted molar refractivity (Wildman–Crippen MR) is 102 cm³/mol. The van der Waals surface area contributed by atoms with Gasteiger partial charge in [0, 0.05) is 12.1 Å². The quantitative estimate of drug-likeness (QED) is 0.611. The van der Waals surface area contributed by atoms with Crippen LogP contribution >= 0.6 is 12.4 Å². The Bertz CT molecular complexity index is 808. The largest absolute Gasteiger partial charge is 0.330 e. The fraction of sp³-hybridized carbons (Fsp3) is 0.625. The van der Waals surface area contributed by atoms with Crippen molar-refractivity contribution in [1.82, 2.24) is 9.44 Å². The van der Waals surface area contributed by atoms with Crippen LogP contribution in [0, 0.1) is 5.92 Å². The van der Waals surface area contributed by atoms with Gasteiger partial charge in [-0.3, -0.25) is 0 Å². The summed E-state index contributed by atoms with van der Waals surface area (Å²) in [7, 11) is -7.28. The third-order valence-corrected chi connectivity index (χ3v) is 7.90. The number of hydrogen-bond donors (Lipinski definition) is 3. The summed E-state index contributed by atoms with van der Waals surface area (Å²) in [5.74, 6) is 0.144. The molecule has 2 saturated carbocycles. The summed E-state index contributed by atoms with van der Waals surface area (Å²) in [5.41, 5.74) is 5.76. The van der Waals surface area contributed by atoms with Gasteiger partial charge in [-0.15, -0.1) is 12.4 Å². The van der Waals surface area contributed by atoms with Crippen LogP contribution in [0.5, 0.6) is 0 Å². The number of halogens is 1. The van der Waals surface area contributed by atoms with E-state index in [-0.39, 0.29) is 40.2 Å². The summed E-state index contributed by atoms with van der Waals surface area (Å²) in [6.45, 7) is 0.456. The number of nitrogens with two attached hydrogens (primary N) is 1. The van der Waals surface area contributed by atoms with E-state index in [0.29, 0.717) is 6.54 Å². The van der Waals surface area contributed by atoms with Gasteiger partial charge in [0.2, 0.25) is 20.0 Å². The number of sulfonamides is 2. The molecule has 2 unspecified atom stereocenters. The van der Waals surface area contributed by atoms with Crippen molar-refractivity contribution in [1.29, 1.82) is 0 Å². The fourth-order valence-electron chi connectivity index (χ4n) is 3.20. The Balaban J connectivity index is 0.00000243. The van der Waals surface area contributed by atoms with E-state index < -0.39 is 20.0 Å². The second-order valence-corrected chi connectivity index (χ2v) is 10.3. The number of benzene rings is 1. The van der Waals surface area contributed by atoms with E-state index in [1.807, 2.05) is 0 Å². The van der Waals surface area contributed by atoms with Gasteiger partial charge >= 0.3 is 0 Å². The van der Waals surface area contributed by atoms with Crippen molar-refractivity contribution in [2.24, 2.45) is 11.7 Å². The normalized spacial score (nSPS) is 24.0. The highest BCUT2D eigenvalue weighted by molar-refractivity contribution is 7.90. The minimum absolute atomic E-state index is 0. The van der Waals surface area contributed by atoms with Gasteiger partial charge in [-0.1, -0.05) is 12.8 Å². The van der Waals surface area contributed by atoms with Gasteiger partial charge in [0.25, 0.3) is 0 Å². The van der Waals surface area contributed by atoms with Gasteiger partial charge < -0.3 is 5.73 Å². The molecule has 0 aliphatic heterocycles. The van der Waals surface area contributed by atoms with Crippen molar-refractivity contribution in [3.8, 4) is 0 Å². The number of rotatable bonds is 7. The highest BCUT2D eigenvalue weighted by Gasteiger charge is 2.30. The van der Waals surface area contributed by atoms with Crippen LogP contribution in [-0.4, -0.2) is 35.5 Å². The summed E-state index contributed by atoms with van der Waals surface area (Å²) in [5, 5.41) is 0. The highest BCUT2D eigenvalue weighted by Crippen LogP contribution is 2.26. The van der Waals surface area contributed by atoms with Gasteiger partial charge in [-0.25, -0.2) is 26.3 Å². The SMILES string of the molecule is Cl.NCC1CCCCC1NS(=O)(=O)c1ccc(S(=O)(=O)NC2CC2)cc1. The molecule has 148 valence electrons. The van der Waals surface area contributed by atoms with Crippen LogP contribution < -0.4 is 15.2 Å². The molecule has 0 amide bonds. The predicted octanol–water partition coefficient (Wildman–Crippen LogP) is 1.34. The van der Waals surface area contributed by atoms with Crippen molar-refractivity contribution < 1.29 is 16.8 Å². The molecule has 10 heteroatoms. The lowest BCUT2D eigenvalue weighted by molar-refractivity contribution is 0.296. The van der Waals surface area contributed by atoms with Crippen LogP contribution in [0.4, 0.5) is 0 Å². The average Bonchev–Trinajstić information content (AvgIpc) is 3.38. The van der Waals surface area contributed by atoms with E-state index in [1.54, 1.807) is 0 Å². The second-order valence-electron chi connectivity index (χ2n) is 6.87. The first kappa shape index (κ1) is 21.6. The minimum Gasteiger partial charge on any atom is -0.330 e. The van der Waals surface area contributed by atoms with Gasteiger partial charge in [0.15, 0.2) is 0 Å². The lowest BCUT2D eigenvalue weighted by Gasteiger charge is -2.31. The first-order valence-corrected chi connectivity index (χ1v) is 11.6. The zero-order valence-corrected chi connectivity index (χ0v) is 16.9. The molecule has 3 rings (SSSR count). The van der Waals surface area contributed by atoms with Gasteiger partial charge in [0.05, 0.1) is 9.79 Å². The smallest absolute Gasteiger partial charge is 0.240 e. The summed E-state index contributed by atoms with van der Waals surface area (Å²) in [6, 6.07) is 5.19. The van der Waals surface area contributed by atoms with E-state index in [4.69, 9.17) is 5.73 Å². The molecule has 0 spiro atoms. The van der Waals surface area contributed by atoms with E-state index in [9.17, 15) is 16.8 Å². The zero-order chi connectivity index (χ0) is 18.1. The van der Waals surface area contributed by atoms with Gasteiger partial charge in [-0.05, 0) is 62.4 Å². The second kappa shape index (κ2) is 8.53. The molecule has 26 heavy (non-hydrogen) atoms. The Labute approximate surface area is 161 Å². The van der Waals surface area contributed by atoms with Gasteiger partial charge in [-0.2, -0.15) is 0 Å². The van der Waals surface area contributed by atoms with Crippen LogP contribution in [-0.2, 0) is 20.0 Å². The van der Waals surface area contributed by atoms with Crippen LogP contribution in [0.2, 0.25) is 0 Å². The number of nitrogens with one attached hydrogen (secondary N) is 2. The van der Waals surface area contributed by atoms with Crippen LogP contribution in [0.25, 0.3) is 0 Å². The topological polar surface area (TPSA) is 118 Å².